The molecule has 0 saturated carbocycles. The van der Waals surface area contributed by atoms with Crippen LogP contribution in [0.5, 0.6) is 0 Å². The first kappa shape index (κ1) is 23.2. The fourth-order valence-corrected chi connectivity index (χ4v) is 4.59. The fourth-order valence-electron chi connectivity index (χ4n) is 3.20. The van der Waals surface area contributed by atoms with Crippen LogP contribution in [0.15, 0.2) is 54.6 Å². The van der Waals surface area contributed by atoms with Crippen LogP contribution in [0.3, 0.4) is 0 Å². The number of carbonyl (C=O) groups is 1. The van der Waals surface area contributed by atoms with Gasteiger partial charge in [-0.05, 0) is 48.7 Å². The number of H-pyrrole nitrogens is 1. The summed E-state index contributed by atoms with van der Waals surface area (Å²) in [6, 6.07) is 16.2. The summed E-state index contributed by atoms with van der Waals surface area (Å²) in [5, 5.41) is 15.9. The summed E-state index contributed by atoms with van der Waals surface area (Å²) in [6.07, 6.45) is 1.22. The number of nitriles is 1. The van der Waals surface area contributed by atoms with E-state index in [2.05, 4.69) is 10.2 Å². The molecule has 1 aromatic heterocycles. The maximum atomic E-state index is 13.4. The lowest BCUT2D eigenvalue weighted by atomic mass is 10.1. The number of carbonyl (C=O) groups excluding carboxylic acids is 1. The van der Waals surface area contributed by atoms with Gasteiger partial charge in [0.05, 0.1) is 23.1 Å². The van der Waals surface area contributed by atoms with Gasteiger partial charge in [0.2, 0.25) is 5.91 Å². The van der Waals surface area contributed by atoms with Gasteiger partial charge in [-0.3, -0.25) is 9.89 Å². The third-order valence-corrected chi connectivity index (χ3v) is 6.39. The molecule has 0 aliphatic rings. The fraction of sp³-hybridized carbons (Fsp3) is 0.261. The Balaban J connectivity index is 1.47. The average molecular weight is 455 g/mol. The van der Waals surface area contributed by atoms with Gasteiger partial charge in [0.25, 0.3) is 0 Å². The van der Waals surface area contributed by atoms with Gasteiger partial charge in [-0.25, -0.2) is 12.8 Å². The normalized spacial score (nSPS) is 11.2. The molecule has 0 bridgehead atoms. The smallest absolute Gasteiger partial charge is 0.237 e. The largest absolute Gasteiger partial charge is 0.345 e. The summed E-state index contributed by atoms with van der Waals surface area (Å²) in [7, 11) is -2.05. The van der Waals surface area contributed by atoms with Crippen molar-refractivity contribution in [2.24, 2.45) is 0 Å². The van der Waals surface area contributed by atoms with E-state index in [-0.39, 0.29) is 11.6 Å². The van der Waals surface area contributed by atoms with E-state index in [1.54, 1.807) is 43.4 Å². The first-order valence-electron chi connectivity index (χ1n) is 9.99. The van der Waals surface area contributed by atoms with E-state index in [0.717, 1.165) is 5.69 Å². The second-order valence-corrected chi connectivity index (χ2v) is 9.61. The molecule has 0 spiro atoms. The number of hydrogen-bond donors (Lipinski definition) is 1. The summed E-state index contributed by atoms with van der Waals surface area (Å²) in [6.45, 7) is 0.388. The molecule has 0 saturated heterocycles. The van der Waals surface area contributed by atoms with Gasteiger partial charge in [0.1, 0.15) is 11.6 Å². The molecule has 1 N–H and O–H groups in total. The summed E-state index contributed by atoms with van der Waals surface area (Å²) in [5.41, 5.74) is 3.14. The van der Waals surface area contributed by atoms with E-state index >= 15 is 0 Å². The average Bonchev–Trinajstić information content (AvgIpc) is 3.22. The number of nitrogens with one attached hydrogen (secondary N) is 1. The Morgan fingerprint density at radius 1 is 1.19 bits per heavy atom. The standard InChI is InChI=1S/C23H23FN4O3S/c1-28(23(29)16-32(30,31)15-18-9-7-17(14-25)8-10-18)11-3-6-21-13-22(27-26-21)19-4-2-5-20(24)12-19/h2,4-5,7-10,12-13H,3,6,11,15-16H2,1H3,(H,26,27). The third-order valence-electron chi connectivity index (χ3n) is 4.93. The van der Waals surface area contributed by atoms with E-state index in [9.17, 15) is 17.6 Å². The lowest BCUT2D eigenvalue weighted by molar-refractivity contribution is -0.127. The monoisotopic (exact) mass is 454 g/mol. The van der Waals surface area contributed by atoms with Gasteiger partial charge in [0, 0.05) is 24.8 Å². The minimum Gasteiger partial charge on any atom is -0.345 e. The van der Waals surface area contributed by atoms with Gasteiger partial charge in [0.15, 0.2) is 9.84 Å². The molecular formula is C23H23FN4O3S. The van der Waals surface area contributed by atoms with Crippen LogP contribution < -0.4 is 0 Å². The highest BCUT2D eigenvalue weighted by molar-refractivity contribution is 7.91. The molecular weight excluding hydrogens is 431 g/mol. The lowest BCUT2D eigenvalue weighted by Gasteiger charge is -2.17. The minimum absolute atomic E-state index is 0.255. The maximum absolute atomic E-state index is 13.4. The number of amides is 1. The zero-order valence-corrected chi connectivity index (χ0v) is 18.4. The van der Waals surface area contributed by atoms with Crippen molar-refractivity contribution >= 4 is 15.7 Å². The number of nitrogens with zero attached hydrogens (tertiary/aromatic N) is 3. The number of aromatic nitrogens is 2. The van der Waals surface area contributed by atoms with Crippen molar-refractivity contribution in [3.8, 4) is 17.3 Å². The zero-order valence-electron chi connectivity index (χ0n) is 17.6. The Labute approximate surface area is 186 Å². The molecule has 166 valence electrons. The molecule has 9 heteroatoms. The van der Waals surface area contributed by atoms with Crippen LogP contribution in [0.25, 0.3) is 11.3 Å². The second kappa shape index (κ2) is 10.2. The van der Waals surface area contributed by atoms with Gasteiger partial charge >= 0.3 is 0 Å². The number of benzene rings is 2. The first-order valence-corrected chi connectivity index (χ1v) is 11.8. The van der Waals surface area contributed by atoms with E-state index in [0.29, 0.717) is 41.8 Å². The minimum atomic E-state index is -3.63. The maximum Gasteiger partial charge on any atom is 0.237 e. The number of hydrogen-bond acceptors (Lipinski definition) is 5. The van der Waals surface area contributed by atoms with Gasteiger partial charge in [-0.1, -0.05) is 24.3 Å². The van der Waals surface area contributed by atoms with Crippen LogP contribution in [0, 0.1) is 17.1 Å². The van der Waals surface area contributed by atoms with Crippen molar-refractivity contribution in [2.45, 2.75) is 18.6 Å². The molecule has 0 unspecified atom stereocenters. The molecule has 7 nitrogen and oxygen atoms in total. The Morgan fingerprint density at radius 2 is 1.94 bits per heavy atom. The van der Waals surface area contributed by atoms with Crippen LogP contribution in [-0.4, -0.2) is 48.8 Å². The van der Waals surface area contributed by atoms with Crippen molar-refractivity contribution in [3.05, 3.63) is 77.2 Å². The summed E-state index contributed by atoms with van der Waals surface area (Å²) >= 11 is 0. The molecule has 0 fully saturated rings. The number of sulfone groups is 1. The van der Waals surface area contributed by atoms with Crippen LogP contribution in [0.2, 0.25) is 0 Å². The van der Waals surface area contributed by atoms with Crippen molar-refractivity contribution in [3.63, 3.8) is 0 Å². The van der Waals surface area contributed by atoms with Crippen molar-refractivity contribution in [1.82, 2.24) is 15.1 Å². The predicted molar refractivity (Wildman–Crippen MR) is 119 cm³/mol. The first-order chi connectivity index (χ1) is 15.3. The molecule has 0 atom stereocenters. The Morgan fingerprint density at radius 3 is 2.62 bits per heavy atom. The highest BCUT2D eigenvalue weighted by Gasteiger charge is 2.20. The molecule has 32 heavy (non-hydrogen) atoms. The number of aromatic amines is 1. The lowest BCUT2D eigenvalue weighted by Crippen LogP contribution is -2.33. The Kier molecular flexibility index (Phi) is 7.38. The topological polar surface area (TPSA) is 107 Å². The van der Waals surface area contributed by atoms with Crippen molar-refractivity contribution in [2.75, 3.05) is 19.3 Å². The van der Waals surface area contributed by atoms with Crippen LogP contribution >= 0.6 is 0 Å². The molecule has 0 aliphatic carbocycles. The highest BCUT2D eigenvalue weighted by Crippen LogP contribution is 2.19. The van der Waals surface area contributed by atoms with Gasteiger partial charge < -0.3 is 4.90 Å². The van der Waals surface area contributed by atoms with E-state index in [4.69, 9.17) is 5.26 Å². The van der Waals surface area contributed by atoms with Crippen LogP contribution in [0.4, 0.5) is 4.39 Å². The van der Waals surface area contributed by atoms with E-state index < -0.39 is 21.5 Å². The van der Waals surface area contributed by atoms with Gasteiger partial charge in [-0.15, -0.1) is 0 Å². The number of halogens is 1. The molecule has 3 aromatic rings. The summed E-state index contributed by atoms with van der Waals surface area (Å²) < 4.78 is 38.1. The van der Waals surface area contributed by atoms with Crippen molar-refractivity contribution in [1.29, 1.82) is 5.26 Å². The molecule has 2 aromatic carbocycles. The molecule has 1 heterocycles. The summed E-state index contributed by atoms with van der Waals surface area (Å²) in [5.74, 6) is -1.63. The zero-order chi connectivity index (χ0) is 23.1. The quantitative estimate of drug-likeness (QED) is 0.535. The van der Waals surface area contributed by atoms with Crippen LogP contribution in [-0.2, 0) is 26.8 Å². The molecule has 1 amide bonds. The highest BCUT2D eigenvalue weighted by atomic mass is 32.2. The predicted octanol–water partition coefficient (Wildman–Crippen LogP) is 3.09. The van der Waals surface area contributed by atoms with Crippen LogP contribution in [0.1, 0.15) is 23.2 Å². The van der Waals surface area contributed by atoms with Crippen molar-refractivity contribution < 1.29 is 17.6 Å². The SMILES string of the molecule is CN(CCCc1cc(-c2cccc(F)c2)n[nH]1)C(=O)CS(=O)(=O)Cc1ccc(C#N)cc1. The van der Waals surface area contributed by atoms with E-state index in [1.807, 2.05) is 12.1 Å². The second-order valence-electron chi connectivity index (χ2n) is 7.55. The number of aryl methyl sites for hydroxylation is 1. The molecule has 0 radical (unpaired) electrons. The summed E-state index contributed by atoms with van der Waals surface area (Å²) in [4.78, 5) is 13.8. The molecule has 3 rings (SSSR count). The van der Waals surface area contributed by atoms with Gasteiger partial charge in [-0.2, -0.15) is 10.4 Å². The Bertz CT molecular complexity index is 1230. The van der Waals surface area contributed by atoms with E-state index in [1.165, 1.54) is 17.0 Å². The number of rotatable bonds is 9. The third kappa shape index (κ3) is 6.49. The Hall–Kier alpha value is -3.51. The molecule has 0 aliphatic heterocycles.